The fourth-order valence-electron chi connectivity index (χ4n) is 1.68. The molecule has 1 N–H and O–H groups in total. The molecule has 0 saturated carbocycles. The van der Waals surface area contributed by atoms with E-state index in [0.717, 1.165) is 30.7 Å². The van der Waals surface area contributed by atoms with Gasteiger partial charge in [-0.1, -0.05) is 11.8 Å². The van der Waals surface area contributed by atoms with Crippen LogP contribution in [0.1, 0.15) is 13.3 Å². The van der Waals surface area contributed by atoms with Crippen LogP contribution in [-0.4, -0.2) is 36.7 Å². The molecule has 0 spiro atoms. The molecule has 13 heavy (non-hydrogen) atoms. The maximum Gasteiger partial charge on any atom is 0.156 e. The summed E-state index contributed by atoms with van der Waals surface area (Å²) < 4.78 is 5.36. The van der Waals surface area contributed by atoms with Crippen molar-refractivity contribution in [3.05, 3.63) is 0 Å². The second kappa shape index (κ2) is 4.33. The van der Waals surface area contributed by atoms with Crippen molar-refractivity contribution in [2.45, 2.75) is 19.4 Å². The highest BCUT2D eigenvalue weighted by molar-refractivity contribution is 8.14. The first-order valence-corrected chi connectivity index (χ1v) is 5.86. The first-order valence-electron chi connectivity index (χ1n) is 4.88. The van der Waals surface area contributed by atoms with Gasteiger partial charge in [0.25, 0.3) is 0 Å². The summed E-state index contributed by atoms with van der Waals surface area (Å²) in [5.74, 6) is 1.81. The zero-order valence-electron chi connectivity index (χ0n) is 7.95. The fraction of sp³-hybridized carbons (Fsp3) is 0.889. The predicted octanol–water partition coefficient (Wildman–Crippen LogP) is 1.10. The van der Waals surface area contributed by atoms with Crippen molar-refractivity contribution >= 4 is 16.9 Å². The molecule has 2 unspecified atom stereocenters. The number of thioether (sulfide) groups is 1. The van der Waals surface area contributed by atoms with E-state index in [2.05, 4.69) is 17.2 Å². The van der Waals surface area contributed by atoms with E-state index < -0.39 is 0 Å². The Bertz CT molecular complexity index is 202. The van der Waals surface area contributed by atoms with Crippen LogP contribution in [0.4, 0.5) is 0 Å². The minimum Gasteiger partial charge on any atom is -0.381 e. The summed E-state index contributed by atoms with van der Waals surface area (Å²) in [5, 5.41) is 4.58. The smallest absolute Gasteiger partial charge is 0.156 e. The zero-order valence-corrected chi connectivity index (χ0v) is 8.77. The Morgan fingerprint density at radius 1 is 1.69 bits per heavy atom. The second-order valence-electron chi connectivity index (χ2n) is 3.59. The summed E-state index contributed by atoms with van der Waals surface area (Å²) in [5.41, 5.74) is 0. The van der Waals surface area contributed by atoms with Crippen molar-refractivity contribution in [1.29, 1.82) is 0 Å². The molecule has 2 atom stereocenters. The summed E-state index contributed by atoms with van der Waals surface area (Å²) in [6.45, 7) is 5.03. The summed E-state index contributed by atoms with van der Waals surface area (Å²) in [7, 11) is 0. The monoisotopic (exact) mass is 200 g/mol. The van der Waals surface area contributed by atoms with Crippen LogP contribution in [0.2, 0.25) is 0 Å². The van der Waals surface area contributed by atoms with Gasteiger partial charge in [-0.3, -0.25) is 4.99 Å². The molecule has 0 aromatic heterocycles. The van der Waals surface area contributed by atoms with Gasteiger partial charge < -0.3 is 10.1 Å². The van der Waals surface area contributed by atoms with Crippen LogP contribution < -0.4 is 5.32 Å². The lowest BCUT2D eigenvalue weighted by Crippen LogP contribution is -2.36. The van der Waals surface area contributed by atoms with Crippen molar-refractivity contribution in [3.63, 3.8) is 0 Å². The Kier molecular flexibility index (Phi) is 3.11. The number of hydrogen-bond acceptors (Lipinski definition) is 4. The van der Waals surface area contributed by atoms with Crippen LogP contribution in [-0.2, 0) is 4.74 Å². The SMILES string of the molecule is CC(NC1=NCCS1)C1CCOC1. The lowest BCUT2D eigenvalue weighted by atomic mass is 10.0. The Morgan fingerprint density at radius 2 is 2.62 bits per heavy atom. The van der Waals surface area contributed by atoms with Crippen LogP contribution in [0.25, 0.3) is 0 Å². The lowest BCUT2D eigenvalue weighted by Gasteiger charge is -2.19. The molecule has 0 radical (unpaired) electrons. The van der Waals surface area contributed by atoms with Gasteiger partial charge in [0.1, 0.15) is 0 Å². The van der Waals surface area contributed by atoms with Gasteiger partial charge in [-0.2, -0.15) is 0 Å². The molecule has 4 heteroatoms. The lowest BCUT2D eigenvalue weighted by molar-refractivity contribution is 0.180. The minimum absolute atomic E-state index is 0.506. The van der Waals surface area contributed by atoms with E-state index in [1.165, 1.54) is 6.42 Å². The molecule has 74 valence electrons. The largest absolute Gasteiger partial charge is 0.381 e. The van der Waals surface area contributed by atoms with Crippen LogP contribution in [0.5, 0.6) is 0 Å². The van der Waals surface area contributed by atoms with Gasteiger partial charge in [0.2, 0.25) is 0 Å². The van der Waals surface area contributed by atoms with Crippen LogP contribution in [0, 0.1) is 5.92 Å². The van der Waals surface area contributed by atoms with Crippen molar-refractivity contribution in [3.8, 4) is 0 Å². The first kappa shape index (κ1) is 9.34. The highest BCUT2D eigenvalue weighted by Crippen LogP contribution is 2.18. The summed E-state index contributed by atoms with van der Waals surface area (Å²) in [6.07, 6.45) is 1.19. The number of aliphatic imine (C=N–C) groups is 1. The molecule has 0 aliphatic carbocycles. The molecule has 2 rings (SSSR count). The summed E-state index contributed by atoms with van der Waals surface area (Å²) >= 11 is 1.83. The summed E-state index contributed by atoms with van der Waals surface area (Å²) in [6, 6.07) is 0.506. The van der Waals surface area contributed by atoms with E-state index in [-0.39, 0.29) is 0 Å². The quantitative estimate of drug-likeness (QED) is 0.725. The van der Waals surface area contributed by atoms with E-state index in [1.54, 1.807) is 0 Å². The van der Waals surface area contributed by atoms with E-state index in [9.17, 15) is 0 Å². The van der Waals surface area contributed by atoms with Gasteiger partial charge in [0, 0.05) is 24.3 Å². The summed E-state index contributed by atoms with van der Waals surface area (Å²) in [4.78, 5) is 4.37. The molecule has 0 aromatic carbocycles. The molecular formula is C9H16N2OS. The number of ether oxygens (including phenoxy) is 1. The Morgan fingerprint density at radius 3 is 3.23 bits per heavy atom. The normalized spacial score (nSPS) is 30.2. The zero-order chi connectivity index (χ0) is 9.10. The van der Waals surface area contributed by atoms with Crippen molar-refractivity contribution in [1.82, 2.24) is 5.32 Å². The predicted molar refractivity (Wildman–Crippen MR) is 56.3 cm³/mol. The number of nitrogens with zero attached hydrogens (tertiary/aromatic N) is 1. The fourth-order valence-corrected chi connectivity index (χ4v) is 2.51. The maximum absolute atomic E-state index is 5.36. The molecule has 1 saturated heterocycles. The van der Waals surface area contributed by atoms with Crippen LogP contribution in [0.15, 0.2) is 4.99 Å². The molecule has 3 nitrogen and oxygen atoms in total. The molecule has 0 bridgehead atoms. The number of amidine groups is 1. The van der Waals surface area contributed by atoms with Gasteiger partial charge in [-0.05, 0) is 13.3 Å². The first-order chi connectivity index (χ1) is 6.36. The second-order valence-corrected chi connectivity index (χ2v) is 4.68. The number of nitrogens with one attached hydrogen (secondary N) is 1. The van der Waals surface area contributed by atoms with Gasteiger partial charge in [0.15, 0.2) is 5.17 Å². The average molecular weight is 200 g/mol. The number of hydrogen-bond donors (Lipinski definition) is 1. The molecule has 2 heterocycles. The van der Waals surface area contributed by atoms with Crippen molar-refractivity contribution in [2.75, 3.05) is 25.5 Å². The number of rotatable bonds is 2. The third kappa shape index (κ3) is 2.38. The van der Waals surface area contributed by atoms with Gasteiger partial charge in [0.05, 0.1) is 13.2 Å². The third-order valence-corrected chi connectivity index (χ3v) is 3.52. The van der Waals surface area contributed by atoms with E-state index >= 15 is 0 Å². The van der Waals surface area contributed by atoms with E-state index in [0.29, 0.717) is 12.0 Å². The van der Waals surface area contributed by atoms with E-state index in [4.69, 9.17) is 4.74 Å². The maximum atomic E-state index is 5.36. The Labute approximate surface area is 83.3 Å². The van der Waals surface area contributed by atoms with Crippen molar-refractivity contribution < 1.29 is 4.74 Å². The minimum atomic E-state index is 0.506. The highest BCUT2D eigenvalue weighted by Gasteiger charge is 2.23. The molecule has 0 aromatic rings. The molecule has 2 aliphatic heterocycles. The molecule has 0 amide bonds. The standard InChI is InChI=1S/C9H16N2OS/c1-7(8-2-4-12-6-8)11-9-10-3-5-13-9/h7-8H,2-6H2,1H3,(H,10,11). The Hall–Kier alpha value is -0.220. The molecular weight excluding hydrogens is 184 g/mol. The highest BCUT2D eigenvalue weighted by atomic mass is 32.2. The van der Waals surface area contributed by atoms with Crippen LogP contribution >= 0.6 is 11.8 Å². The topological polar surface area (TPSA) is 33.6 Å². The Balaban J connectivity index is 1.79. The van der Waals surface area contributed by atoms with E-state index in [1.807, 2.05) is 11.8 Å². The van der Waals surface area contributed by atoms with Crippen molar-refractivity contribution in [2.24, 2.45) is 10.9 Å². The van der Waals surface area contributed by atoms with Crippen LogP contribution in [0.3, 0.4) is 0 Å². The third-order valence-electron chi connectivity index (χ3n) is 2.61. The molecule has 2 aliphatic rings. The molecule has 1 fully saturated rings. The van der Waals surface area contributed by atoms with Gasteiger partial charge in [-0.15, -0.1) is 0 Å². The van der Waals surface area contributed by atoms with Gasteiger partial charge >= 0.3 is 0 Å². The van der Waals surface area contributed by atoms with Gasteiger partial charge in [-0.25, -0.2) is 0 Å². The average Bonchev–Trinajstić information content (AvgIpc) is 2.74.